The van der Waals surface area contributed by atoms with Crippen LogP contribution in [-0.4, -0.2) is 54.4 Å². The van der Waals surface area contributed by atoms with Crippen LogP contribution in [0.3, 0.4) is 0 Å². The molecule has 0 aromatic carbocycles. The minimum atomic E-state index is -3.57. The van der Waals surface area contributed by atoms with Gasteiger partial charge in [-0.1, -0.05) is 0 Å². The maximum absolute atomic E-state index is 11.5. The Labute approximate surface area is 115 Å². The Bertz CT molecular complexity index is 580. The van der Waals surface area contributed by atoms with Crippen LogP contribution >= 0.6 is 0 Å². The van der Waals surface area contributed by atoms with E-state index in [9.17, 15) is 18.0 Å². The van der Waals surface area contributed by atoms with E-state index < -0.39 is 22.0 Å². The third-order valence-corrected chi connectivity index (χ3v) is 3.73. The largest absolute Gasteiger partial charge is 0.476 e. The normalized spacial score (nSPS) is 11.2. The van der Waals surface area contributed by atoms with Crippen LogP contribution in [0, 0.1) is 0 Å². The number of aromatic nitrogens is 2. The molecule has 2 N–H and O–H groups in total. The molecule has 0 aliphatic carbocycles. The van der Waals surface area contributed by atoms with E-state index in [2.05, 4.69) is 14.4 Å². The number of carboxylic acid groups (broad SMARTS) is 1. The van der Waals surface area contributed by atoms with Crippen molar-refractivity contribution in [1.29, 1.82) is 0 Å². The highest BCUT2D eigenvalue weighted by atomic mass is 32.2. The lowest BCUT2D eigenvalue weighted by Crippen LogP contribution is -2.30. The molecule has 20 heavy (non-hydrogen) atoms. The molecular formula is C10H15N3O6S. The molecule has 0 atom stereocenters. The molecule has 1 aromatic heterocycles. The van der Waals surface area contributed by atoms with Crippen LogP contribution in [0.5, 0.6) is 0 Å². The van der Waals surface area contributed by atoms with Gasteiger partial charge in [0.05, 0.1) is 25.6 Å². The van der Waals surface area contributed by atoms with Crippen molar-refractivity contribution in [3.05, 3.63) is 18.2 Å². The first-order valence-corrected chi connectivity index (χ1v) is 7.28. The van der Waals surface area contributed by atoms with E-state index in [4.69, 9.17) is 5.11 Å². The zero-order valence-electron chi connectivity index (χ0n) is 10.8. The maximum Gasteiger partial charge on any atom is 0.356 e. The van der Waals surface area contributed by atoms with E-state index >= 15 is 0 Å². The maximum atomic E-state index is 11.5. The summed E-state index contributed by atoms with van der Waals surface area (Å²) < 4.78 is 31.1. The van der Waals surface area contributed by atoms with Crippen molar-refractivity contribution in [3.63, 3.8) is 0 Å². The Morgan fingerprint density at radius 1 is 1.50 bits per heavy atom. The fourth-order valence-corrected chi connectivity index (χ4v) is 2.30. The van der Waals surface area contributed by atoms with Crippen LogP contribution in [0.1, 0.15) is 16.9 Å². The molecule has 0 spiro atoms. The average Bonchev–Trinajstić information content (AvgIpc) is 2.85. The van der Waals surface area contributed by atoms with Gasteiger partial charge in [-0.25, -0.2) is 22.9 Å². The minimum absolute atomic E-state index is 0.0684. The second kappa shape index (κ2) is 7.01. The lowest BCUT2D eigenvalue weighted by molar-refractivity contribution is -0.140. The Morgan fingerprint density at radius 3 is 2.75 bits per heavy atom. The van der Waals surface area contributed by atoms with Crippen molar-refractivity contribution < 1.29 is 27.9 Å². The molecule has 9 nitrogen and oxygen atoms in total. The predicted octanol–water partition coefficient (Wildman–Crippen LogP) is -0.936. The number of methoxy groups -OCH3 is 1. The number of carbonyl (C=O) groups excluding carboxylic acids is 1. The number of nitrogens with one attached hydrogen (secondary N) is 1. The number of aromatic carboxylic acids is 1. The lowest BCUT2D eigenvalue weighted by Gasteiger charge is -2.06. The number of carboxylic acids is 1. The molecule has 0 aliphatic heterocycles. The smallest absolute Gasteiger partial charge is 0.356 e. The summed E-state index contributed by atoms with van der Waals surface area (Å²) in [7, 11) is -2.39. The standard InChI is InChI=1S/C10H15N3O6S/c1-19-9(14)2-5-20(17,18)12-3-4-13-6-8(10(15)16)11-7-13/h6-7,12H,2-5H2,1H3,(H,15,16). The lowest BCUT2D eigenvalue weighted by atomic mass is 10.5. The third kappa shape index (κ3) is 5.36. The first-order valence-electron chi connectivity index (χ1n) is 5.63. The molecular weight excluding hydrogens is 290 g/mol. The number of hydrogen-bond acceptors (Lipinski definition) is 6. The summed E-state index contributed by atoms with van der Waals surface area (Å²) in [6.07, 6.45) is 2.37. The van der Waals surface area contributed by atoms with Crippen molar-refractivity contribution in [2.75, 3.05) is 19.4 Å². The van der Waals surface area contributed by atoms with Gasteiger partial charge in [-0.05, 0) is 0 Å². The number of carbonyl (C=O) groups is 2. The topological polar surface area (TPSA) is 128 Å². The Morgan fingerprint density at radius 2 is 2.20 bits per heavy atom. The molecule has 1 aromatic rings. The third-order valence-electron chi connectivity index (χ3n) is 2.35. The molecule has 0 aliphatic rings. The summed E-state index contributed by atoms with van der Waals surface area (Å²) in [5, 5.41) is 8.67. The highest BCUT2D eigenvalue weighted by molar-refractivity contribution is 7.89. The molecule has 112 valence electrons. The second-order valence-electron chi connectivity index (χ2n) is 3.84. The van der Waals surface area contributed by atoms with E-state index in [-0.39, 0.29) is 31.0 Å². The van der Waals surface area contributed by atoms with E-state index in [1.165, 1.54) is 24.2 Å². The van der Waals surface area contributed by atoms with Crippen LogP contribution < -0.4 is 4.72 Å². The van der Waals surface area contributed by atoms with Gasteiger partial charge in [0.1, 0.15) is 0 Å². The average molecular weight is 305 g/mol. The number of imidazole rings is 1. The Hall–Kier alpha value is -1.94. The number of hydrogen-bond donors (Lipinski definition) is 2. The van der Waals surface area contributed by atoms with Gasteiger partial charge in [0.2, 0.25) is 10.0 Å². The molecule has 0 saturated carbocycles. The Balaban J connectivity index is 2.38. The van der Waals surface area contributed by atoms with Crippen molar-refractivity contribution in [1.82, 2.24) is 14.3 Å². The van der Waals surface area contributed by atoms with Crippen molar-refractivity contribution in [2.24, 2.45) is 0 Å². The number of sulfonamides is 1. The first-order chi connectivity index (χ1) is 9.34. The number of esters is 1. The molecule has 1 rings (SSSR count). The summed E-state index contributed by atoms with van der Waals surface area (Å²) in [4.78, 5) is 25.1. The van der Waals surface area contributed by atoms with Gasteiger partial charge in [-0.3, -0.25) is 4.79 Å². The van der Waals surface area contributed by atoms with E-state index in [0.29, 0.717) is 0 Å². The number of ether oxygens (including phenoxy) is 1. The first kappa shape index (κ1) is 16.1. The van der Waals surface area contributed by atoms with E-state index in [1.54, 1.807) is 0 Å². The zero-order chi connectivity index (χ0) is 15.2. The van der Waals surface area contributed by atoms with Gasteiger partial charge in [-0.2, -0.15) is 0 Å². The van der Waals surface area contributed by atoms with Crippen molar-refractivity contribution in [2.45, 2.75) is 13.0 Å². The summed E-state index contributed by atoms with van der Waals surface area (Å²) in [6.45, 7) is 0.302. The molecule has 0 bridgehead atoms. The summed E-state index contributed by atoms with van der Waals surface area (Å²) in [5.41, 5.74) is -0.112. The highest BCUT2D eigenvalue weighted by Crippen LogP contribution is 1.96. The number of rotatable bonds is 8. The minimum Gasteiger partial charge on any atom is -0.476 e. The van der Waals surface area contributed by atoms with Crippen LogP contribution in [-0.2, 0) is 26.1 Å². The van der Waals surface area contributed by atoms with Gasteiger partial charge in [0, 0.05) is 19.3 Å². The fraction of sp³-hybridized carbons (Fsp3) is 0.500. The molecule has 1 heterocycles. The van der Waals surface area contributed by atoms with Gasteiger partial charge in [0.15, 0.2) is 5.69 Å². The Kier molecular flexibility index (Phi) is 5.65. The molecule has 0 amide bonds. The zero-order valence-corrected chi connectivity index (χ0v) is 11.6. The second-order valence-corrected chi connectivity index (χ2v) is 5.77. The molecule has 0 fully saturated rings. The quantitative estimate of drug-likeness (QED) is 0.593. The van der Waals surface area contributed by atoms with E-state index in [0.717, 1.165) is 0 Å². The van der Waals surface area contributed by atoms with Gasteiger partial charge in [0.25, 0.3) is 0 Å². The van der Waals surface area contributed by atoms with Crippen LogP contribution in [0.25, 0.3) is 0 Å². The highest BCUT2D eigenvalue weighted by Gasteiger charge is 2.13. The fourth-order valence-electron chi connectivity index (χ4n) is 1.31. The van der Waals surface area contributed by atoms with Crippen LogP contribution in [0.4, 0.5) is 0 Å². The van der Waals surface area contributed by atoms with Crippen LogP contribution in [0.15, 0.2) is 12.5 Å². The summed E-state index contributed by atoms with van der Waals surface area (Å²) in [5.74, 6) is -2.11. The van der Waals surface area contributed by atoms with Crippen molar-refractivity contribution in [3.8, 4) is 0 Å². The molecule has 0 radical (unpaired) electrons. The van der Waals surface area contributed by atoms with Gasteiger partial charge < -0.3 is 14.4 Å². The molecule has 0 saturated heterocycles. The van der Waals surface area contributed by atoms with Gasteiger partial charge in [-0.15, -0.1) is 0 Å². The monoisotopic (exact) mass is 305 g/mol. The predicted molar refractivity (Wildman–Crippen MR) is 67.6 cm³/mol. The van der Waals surface area contributed by atoms with Gasteiger partial charge >= 0.3 is 11.9 Å². The number of nitrogens with zero attached hydrogens (tertiary/aromatic N) is 2. The molecule has 0 unspecified atom stereocenters. The summed E-state index contributed by atoms with van der Waals surface area (Å²) in [6, 6.07) is 0. The van der Waals surface area contributed by atoms with Crippen LogP contribution in [0.2, 0.25) is 0 Å². The van der Waals surface area contributed by atoms with Crippen molar-refractivity contribution >= 4 is 22.0 Å². The summed E-state index contributed by atoms with van der Waals surface area (Å²) >= 11 is 0. The van der Waals surface area contributed by atoms with E-state index in [1.807, 2.05) is 0 Å². The molecule has 10 heteroatoms. The SMILES string of the molecule is COC(=O)CCS(=O)(=O)NCCn1cnc(C(=O)O)c1.